The second-order valence-electron chi connectivity index (χ2n) is 7.84. The zero-order chi connectivity index (χ0) is 19.8. The number of rotatable bonds is 4. The lowest BCUT2D eigenvalue weighted by molar-refractivity contribution is -0.117. The van der Waals surface area contributed by atoms with Crippen molar-refractivity contribution in [2.75, 3.05) is 35.2 Å². The van der Waals surface area contributed by atoms with Crippen molar-refractivity contribution in [1.82, 2.24) is 4.98 Å². The van der Waals surface area contributed by atoms with E-state index in [1.165, 1.54) is 11.1 Å². The van der Waals surface area contributed by atoms with E-state index in [9.17, 15) is 9.59 Å². The summed E-state index contributed by atoms with van der Waals surface area (Å²) in [6.45, 7) is 1.43. The Labute approximate surface area is 169 Å². The van der Waals surface area contributed by atoms with Gasteiger partial charge in [-0.15, -0.1) is 0 Å². The highest BCUT2D eigenvalue weighted by Crippen LogP contribution is 2.31. The minimum absolute atomic E-state index is 0.0340. The molecule has 0 radical (unpaired) electrons. The fourth-order valence-corrected chi connectivity index (χ4v) is 4.43. The number of ether oxygens (including phenoxy) is 1. The fourth-order valence-electron chi connectivity index (χ4n) is 4.43. The average molecular weight is 392 g/mol. The molecule has 2 N–H and O–H groups in total. The molecule has 1 saturated heterocycles. The number of hydrogen-bond donors (Lipinski definition) is 2. The Hall–Kier alpha value is -2.93. The average Bonchev–Trinajstić information content (AvgIpc) is 3.42. The van der Waals surface area contributed by atoms with Crippen molar-refractivity contribution in [3.8, 4) is 0 Å². The Morgan fingerprint density at radius 1 is 1.31 bits per heavy atom. The molecule has 7 heteroatoms. The van der Waals surface area contributed by atoms with Crippen LogP contribution >= 0.6 is 0 Å². The third-order valence-corrected chi connectivity index (χ3v) is 5.93. The molecule has 29 heavy (non-hydrogen) atoms. The summed E-state index contributed by atoms with van der Waals surface area (Å²) in [6.07, 6.45) is 6.72. The van der Waals surface area contributed by atoms with Crippen molar-refractivity contribution in [3.05, 3.63) is 47.2 Å². The molecule has 1 aromatic heterocycles. The Kier molecular flexibility index (Phi) is 4.67. The standard InChI is InChI=1S/C22H24N4O3/c27-20-12-24-21-19(26(20)13-16-6-3-9-29-16)10-15(11-23-21)22(28)25-18-8-2-5-14-4-1-7-17(14)18/h2,5,8,10-11,16H,1,3-4,6-7,9,12-13H2,(H,23,24)(H,25,28). The molecule has 1 unspecified atom stereocenters. The van der Waals surface area contributed by atoms with E-state index in [1.807, 2.05) is 12.1 Å². The number of carbonyl (C=O) groups is 2. The van der Waals surface area contributed by atoms with E-state index in [0.717, 1.165) is 44.4 Å². The van der Waals surface area contributed by atoms with Gasteiger partial charge in [0.05, 0.1) is 30.4 Å². The van der Waals surface area contributed by atoms with Gasteiger partial charge in [-0.3, -0.25) is 9.59 Å². The SMILES string of the molecule is O=C(Nc1cccc2c1CCC2)c1cnc2c(c1)N(CC1CCCO1)C(=O)CN2. The monoisotopic (exact) mass is 392 g/mol. The maximum absolute atomic E-state index is 12.9. The highest BCUT2D eigenvalue weighted by molar-refractivity contribution is 6.08. The molecular weight excluding hydrogens is 368 g/mol. The minimum atomic E-state index is -0.212. The van der Waals surface area contributed by atoms with Crippen LogP contribution in [-0.4, -0.2) is 42.6 Å². The van der Waals surface area contributed by atoms with Gasteiger partial charge in [-0.1, -0.05) is 12.1 Å². The van der Waals surface area contributed by atoms with Crippen LogP contribution < -0.4 is 15.5 Å². The zero-order valence-electron chi connectivity index (χ0n) is 16.2. The lowest BCUT2D eigenvalue weighted by Crippen LogP contribution is -2.44. The normalized spacial score (nSPS) is 20.2. The van der Waals surface area contributed by atoms with Crippen LogP contribution in [-0.2, 0) is 22.4 Å². The third kappa shape index (κ3) is 3.46. The number of hydrogen-bond acceptors (Lipinski definition) is 5. The Bertz CT molecular complexity index is 969. The predicted molar refractivity (Wildman–Crippen MR) is 110 cm³/mol. The number of amides is 2. The topological polar surface area (TPSA) is 83.6 Å². The van der Waals surface area contributed by atoms with Gasteiger partial charge in [0.1, 0.15) is 5.82 Å². The third-order valence-electron chi connectivity index (χ3n) is 5.93. The van der Waals surface area contributed by atoms with Gasteiger partial charge in [-0.05, 0) is 55.4 Å². The van der Waals surface area contributed by atoms with E-state index in [4.69, 9.17) is 4.74 Å². The maximum atomic E-state index is 12.9. The van der Waals surface area contributed by atoms with Gasteiger partial charge in [0.2, 0.25) is 5.91 Å². The van der Waals surface area contributed by atoms with Gasteiger partial charge >= 0.3 is 0 Å². The quantitative estimate of drug-likeness (QED) is 0.836. The molecule has 0 spiro atoms. The smallest absolute Gasteiger partial charge is 0.257 e. The highest BCUT2D eigenvalue weighted by atomic mass is 16.5. The number of nitrogens with one attached hydrogen (secondary N) is 2. The summed E-state index contributed by atoms with van der Waals surface area (Å²) in [5.74, 6) is 0.378. The number of nitrogens with zero attached hydrogens (tertiary/aromatic N) is 2. The Balaban J connectivity index is 1.40. The second kappa shape index (κ2) is 7.48. The molecular formula is C22H24N4O3. The van der Waals surface area contributed by atoms with E-state index in [1.54, 1.807) is 17.2 Å². The largest absolute Gasteiger partial charge is 0.376 e. The molecule has 1 fully saturated rings. The van der Waals surface area contributed by atoms with E-state index in [0.29, 0.717) is 23.6 Å². The van der Waals surface area contributed by atoms with Crippen LogP contribution in [0.3, 0.4) is 0 Å². The van der Waals surface area contributed by atoms with Crippen molar-refractivity contribution in [2.24, 2.45) is 0 Å². The second-order valence-corrected chi connectivity index (χ2v) is 7.84. The predicted octanol–water partition coefficient (Wildman–Crippen LogP) is 2.76. The maximum Gasteiger partial charge on any atom is 0.257 e. The molecule has 3 aliphatic rings. The number of anilines is 3. The molecule has 2 amide bonds. The first-order valence-corrected chi connectivity index (χ1v) is 10.3. The first-order valence-electron chi connectivity index (χ1n) is 10.3. The molecule has 1 atom stereocenters. The summed E-state index contributed by atoms with van der Waals surface area (Å²) in [4.78, 5) is 31.6. The van der Waals surface area contributed by atoms with Crippen molar-refractivity contribution < 1.29 is 14.3 Å². The zero-order valence-corrected chi connectivity index (χ0v) is 16.2. The van der Waals surface area contributed by atoms with Gasteiger partial charge in [-0.2, -0.15) is 0 Å². The molecule has 3 heterocycles. The van der Waals surface area contributed by atoms with E-state index < -0.39 is 0 Å². The molecule has 1 aromatic carbocycles. The number of fused-ring (bicyclic) bond motifs is 2. The summed E-state index contributed by atoms with van der Waals surface area (Å²) in [7, 11) is 0. The summed E-state index contributed by atoms with van der Waals surface area (Å²) in [5, 5.41) is 6.08. The van der Waals surface area contributed by atoms with Crippen LogP contribution in [0.15, 0.2) is 30.5 Å². The minimum Gasteiger partial charge on any atom is -0.376 e. The molecule has 0 saturated carbocycles. The van der Waals surface area contributed by atoms with Crippen LogP contribution in [0.2, 0.25) is 0 Å². The summed E-state index contributed by atoms with van der Waals surface area (Å²) < 4.78 is 5.70. The number of pyridine rings is 1. The van der Waals surface area contributed by atoms with Crippen molar-refractivity contribution in [2.45, 2.75) is 38.2 Å². The van der Waals surface area contributed by atoms with Gasteiger partial charge in [0.15, 0.2) is 0 Å². The van der Waals surface area contributed by atoms with Gasteiger partial charge in [0, 0.05) is 18.5 Å². The number of carbonyl (C=O) groups excluding carboxylic acids is 2. The molecule has 5 rings (SSSR count). The van der Waals surface area contributed by atoms with Gasteiger partial charge < -0.3 is 20.3 Å². The van der Waals surface area contributed by atoms with Crippen molar-refractivity contribution in [1.29, 1.82) is 0 Å². The summed E-state index contributed by atoms with van der Waals surface area (Å²) in [5.41, 5.74) is 4.48. The molecule has 1 aliphatic carbocycles. The van der Waals surface area contributed by atoms with Crippen LogP contribution in [0.25, 0.3) is 0 Å². The molecule has 0 bridgehead atoms. The first-order chi connectivity index (χ1) is 14.2. The highest BCUT2D eigenvalue weighted by Gasteiger charge is 2.30. The van der Waals surface area contributed by atoms with Crippen LogP contribution in [0.5, 0.6) is 0 Å². The fraction of sp³-hybridized carbons (Fsp3) is 0.409. The lowest BCUT2D eigenvalue weighted by atomic mass is 10.1. The lowest BCUT2D eigenvalue weighted by Gasteiger charge is -2.31. The van der Waals surface area contributed by atoms with E-state index in [2.05, 4.69) is 21.7 Å². The van der Waals surface area contributed by atoms with Gasteiger partial charge in [0.25, 0.3) is 5.91 Å². The number of benzene rings is 1. The van der Waals surface area contributed by atoms with E-state index >= 15 is 0 Å². The van der Waals surface area contributed by atoms with E-state index in [-0.39, 0.29) is 24.5 Å². The van der Waals surface area contributed by atoms with Crippen LogP contribution in [0.4, 0.5) is 17.2 Å². The molecule has 150 valence electrons. The summed E-state index contributed by atoms with van der Waals surface area (Å²) >= 11 is 0. The first kappa shape index (κ1) is 18.1. The molecule has 2 aromatic rings. The Morgan fingerprint density at radius 3 is 3.10 bits per heavy atom. The van der Waals surface area contributed by atoms with Crippen LogP contribution in [0.1, 0.15) is 40.7 Å². The van der Waals surface area contributed by atoms with Gasteiger partial charge in [-0.25, -0.2) is 4.98 Å². The molecule has 2 aliphatic heterocycles. The molecule has 7 nitrogen and oxygen atoms in total. The Morgan fingerprint density at radius 2 is 2.24 bits per heavy atom. The van der Waals surface area contributed by atoms with Crippen molar-refractivity contribution in [3.63, 3.8) is 0 Å². The van der Waals surface area contributed by atoms with Crippen molar-refractivity contribution >= 4 is 29.0 Å². The number of aromatic nitrogens is 1. The van der Waals surface area contributed by atoms with Crippen LogP contribution in [0, 0.1) is 0 Å². The number of aryl methyl sites for hydroxylation is 1. The summed E-state index contributed by atoms with van der Waals surface area (Å²) in [6, 6.07) is 7.80.